The summed E-state index contributed by atoms with van der Waals surface area (Å²) in [6.45, 7) is 0. The summed E-state index contributed by atoms with van der Waals surface area (Å²) < 4.78 is 8.94. The number of halogens is 1. The molecule has 80 valence electrons. The summed E-state index contributed by atoms with van der Waals surface area (Å²) in [5, 5.41) is -0.0190. The molecule has 0 aliphatic rings. The number of hydrogen-bond donors (Lipinski definition) is 0. The first kappa shape index (κ1) is 11.5. The molecule has 0 aromatic carbocycles. The molecule has 0 atom stereocenters. The Labute approximate surface area is 91.0 Å². The third-order valence-corrected chi connectivity index (χ3v) is 1.97. The number of aromatic nitrogens is 1. The van der Waals surface area contributed by atoms with Crippen LogP contribution in [-0.2, 0) is 9.47 Å². The summed E-state index contributed by atoms with van der Waals surface area (Å²) in [5.74, 6) is -1.25. The summed E-state index contributed by atoms with van der Waals surface area (Å²) in [4.78, 5) is 26.0. The molecule has 0 fully saturated rings. The minimum absolute atomic E-state index is 0.0190. The second kappa shape index (κ2) is 4.75. The number of rotatable bonds is 2. The Morgan fingerprint density at radius 3 is 2.40 bits per heavy atom. The van der Waals surface area contributed by atoms with Crippen molar-refractivity contribution in [1.82, 2.24) is 4.98 Å². The number of nitrogens with zero attached hydrogens (tertiary/aromatic N) is 1. The Morgan fingerprint density at radius 1 is 1.27 bits per heavy atom. The maximum atomic E-state index is 11.2. The van der Waals surface area contributed by atoms with Gasteiger partial charge < -0.3 is 9.47 Å². The van der Waals surface area contributed by atoms with E-state index in [9.17, 15) is 9.59 Å². The highest BCUT2D eigenvalue weighted by atomic mass is 35.5. The molecule has 0 spiro atoms. The zero-order valence-electron chi connectivity index (χ0n) is 8.11. The lowest BCUT2D eigenvalue weighted by Gasteiger charge is -2.03. The van der Waals surface area contributed by atoms with Crippen LogP contribution in [0.15, 0.2) is 12.3 Å². The van der Waals surface area contributed by atoms with E-state index in [-0.39, 0.29) is 16.3 Å². The van der Waals surface area contributed by atoms with Crippen LogP contribution in [0.3, 0.4) is 0 Å². The van der Waals surface area contributed by atoms with Crippen LogP contribution < -0.4 is 0 Å². The zero-order valence-corrected chi connectivity index (χ0v) is 8.87. The topological polar surface area (TPSA) is 65.5 Å². The molecule has 1 aromatic rings. The van der Waals surface area contributed by atoms with Gasteiger partial charge in [0.25, 0.3) is 0 Å². The van der Waals surface area contributed by atoms with Gasteiger partial charge in [-0.2, -0.15) is 0 Å². The smallest absolute Gasteiger partial charge is 0.341 e. The van der Waals surface area contributed by atoms with Crippen molar-refractivity contribution in [3.05, 3.63) is 28.5 Å². The van der Waals surface area contributed by atoms with Crippen LogP contribution in [0.25, 0.3) is 0 Å². The summed E-state index contributed by atoms with van der Waals surface area (Å²) in [5.41, 5.74) is 0.171. The number of ether oxygens (including phenoxy) is 2. The van der Waals surface area contributed by atoms with Crippen molar-refractivity contribution < 1.29 is 19.1 Å². The van der Waals surface area contributed by atoms with E-state index < -0.39 is 11.9 Å². The van der Waals surface area contributed by atoms with Gasteiger partial charge in [0, 0.05) is 6.20 Å². The van der Waals surface area contributed by atoms with Gasteiger partial charge in [-0.05, 0) is 6.07 Å². The van der Waals surface area contributed by atoms with Crippen molar-refractivity contribution in [3.63, 3.8) is 0 Å². The number of carbonyl (C=O) groups is 2. The van der Waals surface area contributed by atoms with Gasteiger partial charge in [-0.3, -0.25) is 0 Å². The van der Waals surface area contributed by atoms with Crippen LogP contribution >= 0.6 is 11.6 Å². The van der Waals surface area contributed by atoms with E-state index in [4.69, 9.17) is 11.6 Å². The molecule has 0 saturated heterocycles. The number of hydrogen-bond acceptors (Lipinski definition) is 5. The molecule has 6 heteroatoms. The predicted molar refractivity (Wildman–Crippen MR) is 51.9 cm³/mol. The van der Waals surface area contributed by atoms with Crippen LogP contribution in [-0.4, -0.2) is 31.1 Å². The Hall–Kier alpha value is -1.62. The molecule has 0 unspecified atom stereocenters. The number of carbonyl (C=O) groups excluding carboxylic acids is 2. The van der Waals surface area contributed by atoms with Crippen molar-refractivity contribution in [2.75, 3.05) is 14.2 Å². The zero-order chi connectivity index (χ0) is 11.4. The normalized spacial score (nSPS) is 9.53. The fourth-order valence-corrected chi connectivity index (χ4v) is 1.11. The minimum atomic E-state index is -0.654. The lowest BCUT2D eigenvalue weighted by atomic mass is 10.2. The molecule has 0 saturated carbocycles. The van der Waals surface area contributed by atoms with E-state index in [0.29, 0.717) is 0 Å². The minimum Gasteiger partial charge on any atom is -0.465 e. The predicted octanol–water partition coefficient (Wildman–Crippen LogP) is 1.31. The van der Waals surface area contributed by atoms with Crippen LogP contribution in [0.5, 0.6) is 0 Å². The Morgan fingerprint density at radius 2 is 1.87 bits per heavy atom. The van der Waals surface area contributed by atoms with Gasteiger partial charge in [0.2, 0.25) is 0 Å². The lowest BCUT2D eigenvalue weighted by molar-refractivity contribution is 0.0598. The molecule has 1 rings (SSSR count). The summed E-state index contributed by atoms with van der Waals surface area (Å²) in [6.07, 6.45) is 1.22. The van der Waals surface area contributed by atoms with Gasteiger partial charge in [-0.15, -0.1) is 0 Å². The Bertz CT molecular complexity index is 405. The van der Waals surface area contributed by atoms with Gasteiger partial charge >= 0.3 is 11.9 Å². The summed E-state index contributed by atoms with van der Waals surface area (Å²) in [7, 11) is 2.44. The van der Waals surface area contributed by atoms with Crippen LogP contribution in [0, 0.1) is 0 Å². The van der Waals surface area contributed by atoms with Crippen molar-refractivity contribution in [3.8, 4) is 0 Å². The SMILES string of the molecule is COC(=O)c1cnc(Cl)c(C(=O)OC)c1. The third-order valence-electron chi connectivity index (χ3n) is 1.67. The highest BCUT2D eigenvalue weighted by molar-refractivity contribution is 6.32. The molecule has 1 heterocycles. The fourth-order valence-electron chi connectivity index (χ4n) is 0.931. The summed E-state index contributed by atoms with van der Waals surface area (Å²) in [6, 6.07) is 1.27. The molecule has 0 aliphatic carbocycles. The molecular formula is C9H8ClNO4. The molecule has 15 heavy (non-hydrogen) atoms. The van der Waals surface area contributed by atoms with Gasteiger partial charge in [-0.25, -0.2) is 14.6 Å². The number of methoxy groups -OCH3 is 2. The van der Waals surface area contributed by atoms with Gasteiger partial charge in [0.05, 0.1) is 25.3 Å². The van der Waals surface area contributed by atoms with Gasteiger partial charge in [0.1, 0.15) is 5.15 Å². The number of esters is 2. The molecular weight excluding hydrogens is 222 g/mol. The maximum absolute atomic E-state index is 11.2. The Kier molecular flexibility index (Phi) is 3.62. The average Bonchev–Trinajstić information content (AvgIpc) is 2.27. The third kappa shape index (κ3) is 2.44. The van der Waals surface area contributed by atoms with Crippen molar-refractivity contribution >= 4 is 23.5 Å². The molecule has 5 nitrogen and oxygen atoms in total. The van der Waals surface area contributed by atoms with E-state index >= 15 is 0 Å². The van der Waals surface area contributed by atoms with Crippen LogP contribution in [0.1, 0.15) is 20.7 Å². The molecule has 0 radical (unpaired) electrons. The number of pyridine rings is 1. The van der Waals surface area contributed by atoms with Gasteiger partial charge in [-0.1, -0.05) is 11.6 Å². The standard InChI is InChI=1S/C9H8ClNO4/c1-14-8(12)5-3-6(9(13)15-2)7(10)11-4-5/h3-4H,1-2H3. The monoisotopic (exact) mass is 229 g/mol. The van der Waals surface area contributed by atoms with Crippen LogP contribution in [0.4, 0.5) is 0 Å². The first-order valence-corrected chi connectivity index (χ1v) is 4.30. The first-order chi connectivity index (χ1) is 7.10. The van der Waals surface area contributed by atoms with Crippen molar-refractivity contribution in [2.24, 2.45) is 0 Å². The Balaban J connectivity index is 3.16. The highest BCUT2D eigenvalue weighted by Crippen LogP contribution is 2.15. The van der Waals surface area contributed by atoms with E-state index in [2.05, 4.69) is 14.5 Å². The molecule has 0 aliphatic heterocycles. The van der Waals surface area contributed by atoms with Crippen molar-refractivity contribution in [1.29, 1.82) is 0 Å². The van der Waals surface area contributed by atoms with Crippen LogP contribution in [0.2, 0.25) is 5.15 Å². The highest BCUT2D eigenvalue weighted by Gasteiger charge is 2.15. The van der Waals surface area contributed by atoms with Gasteiger partial charge in [0.15, 0.2) is 0 Å². The van der Waals surface area contributed by atoms with E-state index in [0.717, 1.165) is 0 Å². The second-order valence-electron chi connectivity index (χ2n) is 2.55. The lowest BCUT2D eigenvalue weighted by Crippen LogP contribution is -2.08. The summed E-state index contributed by atoms with van der Waals surface area (Å²) >= 11 is 5.65. The molecule has 0 N–H and O–H groups in total. The molecule has 0 amide bonds. The molecule has 0 bridgehead atoms. The average molecular weight is 230 g/mol. The fraction of sp³-hybridized carbons (Fsp3) is 0.222. The van der Waals surface area contributed by atoms with E-state index in [1.807, 2.05) is 0 Å². The van der Waals surface area contributed by atoms with Crippen molar-refractivity contribution in [2.45, 2.75) is 0 Å². The molecule has 1 aromatic heterocycles. The quantitative estimate of drug-likeness (QED) is 0.565. The van der Waals surface area contributed by atoms with E-state index in [1.54, 1.807) is 0 Å². The largest absolute Gasteiger partial charge is 0.465 e. The second-order valence-corrected chi connectivity index (χ2v) is 2.90. The van der Waals surface area contributed by atoms with E-state index in [1.165, 1.54) is 26.5 Å². The first-order valence-electron chi connectivity index (χ1n) is 3.92. The maximum Gasteiger partial charge on any atom is 0.341 e.